The molecule has 0 N–H and O–H groups in total. The van der Waals surface area contributed by atoms with E-state index in [0.29, 0.717) is 5.92 Å². The zero-order chi connectivity index (χ0) is 13.2. The van der Waals surface area contributed by atoms with Gasteiger partial charge in [0.2, 0.25) is 0 Å². The molecular weight excluding hydrogens is 222 g/mol. The van der Waals surface area contributed by atoms with Crippen molar-refractivity contribution in [1.29, 1.82) is 0 Å². The van der Waals surface area contributed by atoms with Crippen molar-refractivity contribution in [3.05, 3.63) is 53.9 Å². The van der Waals surface area contributed by atoms with Gasteiger partial charge in [-0.2, -0.15) is 0 Å². The molecule has 0 spiro atoms. The molecule has 94 valence electrons. The molecule has 0 saturated carbocycles. The van der Waals surface area contributed by atoms with Gasteiger partial charge < -0.3 is 0 Å². The van der Waals surface area contributed by atoms with Gasteiger partial charge in [-0.3, -0.25) is 15.0 Å². The summed E-state index contributed by atoms with van der Waals surface area (Å²) in [6.07, 6.45) is 5.54. The van der Waals surface area contributed by atoms with Crippen molar-refractivity contribution in [2.75, 3.05) is 0 Å². The van der Waals surface area contributed by atoms with Gasteiger partial charge in [-0.15, -0.1) is 0 Å². The summed E-state index contributed by atoms with van der Waals surface area (Å²) in [7, 11) is 0. The molecule has 0 amide bonds. The van der Waals surface area contributed by atoms with Crippen molar-refractivity contribution in [2.45, 2.75) is 39.0 Å². The number of rotatable bonds is 3. The van der Waals surface area contributed by atoms with E-state index in [1.807, 2.05) is 36.8 Å². The van der Waals surface area contributed by atoms with E-state index < -0.39 is 0 Å². The maximum absolute atomic E-state index is 4.55. The fraction of sp³-hybridized carbons (Fsp3) is 0.400. The molecule has 0 bridgehead atoms. The third kappa shape index (κ3) is 2.40. The van der Waals surface area contributed by atoms with Gasteiger partial charge in [-0.25, -0.2) is 0 Å². The van der Waals surface area contributed by atoms with Crippen LogP contribution in [-0.4, -0.2) is 15.0 Å². The van der Waals surface area contributed by atoms with Crippen LogP contribution in [0, 0.1) is 0 Å². The summed E-state index contributed by atoms with van der Waals surface area (Å²) in [4.78, 5) is 13.4. The maximum atomic E-state index is 4.55. The Kier molecular flexibility index (Phi) is 3.41. The van der Waals surface area contributed by atoms with E-state index in [1.165, 1.54) is 0 Å². The quantitative estimate of drug-likeness (QED) is 0.827. The van der Waals surface area contributed by atoms with Crippen LogP contribution >= 0.6 is 0 Å². The highest BCUT2D eigenvalue weighted by atomic mass is 14.8. The van der Waals surface area contributed by atoms with Crippen molar-refractivity contribution in [2.24, 2.45) is 0 Å². The van der Waals surface area contributed by atoms with Crippen molar-refractivity contribution in [1.82, 2.24) is 15.0 Å². The normalized spacial score (nSPS) is 11.8. The van der Waals surface area contributed by atoms with E-state index in [1.54, 1.807) is 0 Å². The maximum Gasteiger partial charge on any atom is 0.0702 e. The molecule has 0 unspecified atom stereocenters. The van der Waals surface area contributed by atoms with Crippen molar-refractivity contribution < 1.29 is 0 Å². The number of hydrogen-bond donors (Lipinski definition) is 0. The van der Waals surface area contributed by atoms with Crippen LogP contribution in [0.15, 0.2) is 36.8 Å². The van der Waals surface area contributed by atoms with Crippen LogP contribution in [0.2, 0.25) is 0 Å². The molecule has 0 fully saturated rings. The summed E-state index contributed by atoms with van der Waals surface area (Å²) >= 11 is 0. The van der Waals surface area contributed by atoms with Crippen LogP contribution < -0.4 is 0 Å². The second kappa shape index (κ2) is 4.84. The van der Waals surface area contributed by atoms with Gasteiger partial charge in [-0.1, -0.05) is 19.9 Å². The summed E-state index contributed by atoms with van der Waals surface area (Å²) in [6.45, 7) is 8.48. The van der Waals surface area contributed by atoms with Crippen LogP contribution in [-0.2, 0) is 5.41 Å². The smallest absolute Gasteiger partial charge is 0.0702 e. The first-order valence-corrected chi connectivity index (χ1v) is 6.25. The Hall–Kier alpha value is -1.77. The first kappa shape index (κ1) is 12.7. The average Bonchev–Trinajstić information content (AvgIpc) is 2.40. The van der Waals surface area contributed by atoms with Gasteiger partial charge >= 0.3 is 0 Å². The summed E-state index contributed by atoms with van der Waals surface area (Å²) in [6, 6.07) is 5.95. The van der Waals surface area contributed by atoms with E-state index in [-0.39, 0.29) is 5.41 Å². The first-order chi connectivity index (χ1) is 8.51. The van der Waals surface area contributed by atoms with Crippen LogP contribution in [0.3, 0.4) is 0 Å². The van der Waals surface area contributed by atoms with E-state index in [4.69, 9.17) is 0 Å². The molecule has 2 aromatic rings. The summed E-state index contributed by atoms with van der Waals surface area (Å²) in [5.41, 5.74) is 2.77. The van der Waals surface area contributed by atoms with Crippen LogP contribution in [0.5, 0.6) is 0 Å². The molecule has 2 aromatic heterocycles. The molecule has 3 heteroatoms. The van der Waals surface area contributed by atoms with Crippen LogP contribution in [0.25, 0.3) is 0 Å². The van der Waals surface area contributed by atoms with Gasteiger partial charge in [0.1, 0.15) is 0 Å². The molecule has 0 radical (unpaired) electrons. The van der Waals surface area contributed by atoms with Crippen molar-refractivity contribution in [3.63, 3.8) is 0 Å². The zero-order valence-corrected chi connectivity index (χ0v) is 11.4. The minimum absolute atomic E-state index is 0.218. The van der Waals surface area contributed by atoms with Crippen molar-refractivity contribution in [3.8, 4) is 0 Å². The predicted octanol–water partition coefficient (Wildman–Crippen LogP) is 3.32. The van der Waals surface area contributed by atoms with Gasteiger partial charge in [0, 0.05) is 18.6 Å². The standard InChI is InChI=1S/C15H19N3/c1-11(2)12-9-18-14(10-17-12)15(3,4)13-7-5-6-8-16-13/h5-11H,1-4H3. The fourth-order valence-electron chi connectivity index (χ4n) is 1.82. The molecule has 0 aliphatic carbocycles. The Morgan fingerprint density at radius 1 is 0.944 bits per heavy atom. The molecule has 2 heterocycles. The molecule has 0 aliphatic heterocycles. The number of pyridine rings is 1. The lowest BCUT2D eigenvalue weighted by Crippen LogP contribution is -2.22. The molecule has 0 aliphatic rings. The fourth-order valence-corrected chi connectivity index (χ4v) is 1.82. The van der Waals surface area contributed by atoms with Crippen LogP contribution in [0.1, 0.15) is 50.7 Å². The second-order valence-corrected chi connectivity index (χ2v) is 5.32. The minimum Gasteiger partial charge on any atom is -0.260 e. The Labute approximate surface area is 108 Å². The molecule has 0 atom stereocenters. The summed E-state index contributed by atoms with van der Waals surface area (Å²) in [5.74, 6) is 0.407. The highest BCUT2D eigenvalue weighted by Gasteiger charge is 2.26. The van der Waals surface area contributed by atoms with E-state index >= 15 is 0 Å². The summed E-state index contributed by atoms with van der Waals surface area (Å²) in [5, 5.41) is 0. The summed E-state index contributed by atoms with van der Waals surface area (Å²) < 4.78 is 0. The highest BCUT2D eigenvalue weighted by Crippen LogP contribution is 2.28. The van der Waals surface area contributed by atoms with Gasteiger partial charge in [0.05, 0.1) is 22.5 Å². The largest absolute Gasteiger partial charge is 0.260 e. The second-order valence-electron chi connectivity index (χ2n) is 5.32. The Bertz CT molecular complexity index is 501. The first-order valence-electron chi connectivity index (χ1n) is 6.25. The molecular formula is C15H19N3. The molecule has 0 saturated heterocycles. The minimum atomic E-state index is -0.218. The zero-order valence-electron chi connectivity index (χ0n) is 11.4. The average molecular weight is 241 g/mol. The molecule has 0 aromatic carbocycles. The lowest BCUT2D eigenvalue weighted by molar-refractivity contribution is 0.588. The molecule has 3 nitrogen and oxygen atoms in total. The molecule has 18 heavy (non-hydrogen) atoms. The number of nitrogens with zero attached hydrogens (tertiary/aromatic N) is 3. The monoisotopic (exact) mass is 241 g/mol. The topological polar surface area (TPSA) is 38.7 Å². The van der Waals surface area contributed by atoms with E-state index in [9.17, 15) is 0 Å². The van der Waals surface area contributed by atoms with Gasteiger partial charge in [-0.05, 0) is 31.9 Å². The Morgan fingerprint density at radius 3 is 2.22 bits per heavy atom. The van der Waals surface area contributed by atoms with E-state index in [2.05, 4.69) is 42.6 Å². The number of aromatic nitrogens is 3. The molecule has 2 rings (SSSR count). The lowest BCUT2D eigenvalue weighted by atomic mass is 9.85. The van der Waals surface area contributed by atoms with E-state index in [0.717, 1.165) is 17.1 Å². The van der Waals surface area contributed by atoms with Gasteiger partial charge in [0.15, 0.2) is 0 Å². The lowest BCUT2D eigenvalue weighted by Gasteiger charge is -2.23. The van der Waals surface area contributed by atoms with Crippen molar-refractivity contribution >= 4 is 0 Å². The Morgan fingerprint density at radius 2 is 1.72 bits per heavy atom. The SMILES string of the molecule is CC(C)c1cnc(C(C)(C)c2ccccn2)cn1. The van der Waals surface area contributed by atoms with Crippen LogP contribution in [0.4, 0.5) is 0 Å². The highest BCUT2D eigenvalue weighted by molar-refractivity contribution is 5.27. The number of hydrogen-bond acceptors (Lipinski definition) is 3. The van der Waals surface area contributed by atoms with Gasteiger partial charge in [0.25, 0.3) is 0 Å². The third-order valence-corrected chi connectivity index (χ3v) is 3.21. The third-order valence-electron chi connectivity index (χ3n) is 3.21. The Balaban J connectivity index is 2.36. The predicted molar refractivity (Wildman–Crippen MR) is 72.5 cm³/mol.